The summed E-state index contributed by atoms with van der Waals surface area (Å²) in [6, 6.07) is 0. The minimum Gasteiger partial charge on any atom is -0.298 e. The molecular formula is C7H10N6S3. The highest BCUT2D eigenvalue weighted by atomic mass is 32.2. The summed E-state index contributed by atoms with van der Waals surface area (Å²) in [6.07, 6.45) is 0.872. The van der Waals surface area contributed by atoms with E-state index in [-0.39, 0.29) is 0 Å². The van der Waals surface area contributed by atoms with Crippen molar-refractivity contribution in [1.82, 2.24) is 19.6 Å². The largest absolute Gasteiger partial charge is 0.298 e. The van der Waals surface area contributed by atoms with Gasteiger partial charge in [-0.15, -0.1) is 10.2 Å². The van der Waals surface area contributed by atoms with Gasteiger partial charge in [-0.05, 0) is 11.5 Å². The van der Waals surface area contributed by atoms with Gasteiger partial charge in [-0.25, -0.2) is 10.8 Å². The van der Waals surface area contributed by atoms with Crippen LogP contribution in [-0.4, -0.2) is 19.6 Å². The van der Waals surface area contributed by atoms with Gasteiger partial charge in [0.2, 0.25) is 5.13 Å². The standard InChI is InChI=1S/C7H10N6S3/c1-2-4-9-7(16-13-4)14-3-5-11-12-6(10-8)15-5/h2-3,8H2,1H3,(H,10,12). The first-order chi connectivity index (χ1) is 7.81. The van der Waals surface area contributed by atoms with E-state index >= 15 is 0 Å². The van der Waals surface area contributed by atoms with Crippen LogP contribution in [0.3, 0.4) is 0 Å². The van der Waals surface area contributed by atoms with Crippen LogP contribution in [0.2, 0.25) is 0 Å². The summed E-state index contributed by atoms with van der Waals surface area (Å²) >= 11 is 4.48. The fourth-order valence-electron chi connectivity index (χ4n) is 0.934. The van der Waals surface area contributed by atoms with Gasteiger partial charge in [0.05, 0.1) is 5.75 Å². The average molecular weight is 274 g/mol. The van der Waals surface area contributed by atoms with E-state index in [0.29, 0.717) is 5.13 Å². The molecule has 0 aromatic carbocycles. The normalized spacial score (nSPS) is 10.6. The van der Waals surface area contributed by atoms with Crippen molar-refractivity contribution in [3.63, 3.8) is 0 Å². The number of rotatable bonds is 5. The highest BCUT2D eigenvalue weighted by Gasteiger charge is 2.07. The molecule has 2 rings (SSSR count). The number of hydrogen-bond donors (Lipinski definition) is 2. The fraction of sp³-hybridized carbons (Fsp3) is 0.429. The summed E-state index contributed by atoms with van der Waals surface area (Å²) in [5, 5.41) is 9.39. The van der Waals surface area contributed by atoms with Crippen molar-refractivity contribution < 1.29 is 0 Å². The quantitative estimate of drug-likeness (QED) is 0.485. The summed E-state index contributed by atoms with van der Waals surface area (Å²) in [4.78, 5) is 4.36. The molecule has 0 unspecified atom stereocenters. The third kappa shape index (κ3) is 2.88. The number of thioether (sulfide) groups is 1. The Morgan fingerprint density at radius 1 is 1.44 bits per heavy atom. The van der Waals surface area contributed by atoms with E-state index in [1.54, 1.807) is 11.8 Å². The number of nitrogen functional groups attached to an aromatic ring is 1. The maximum Gasteiger partial charge on any atom is 0.219 e. The second kappa shape index (κ2) is 5.53. The molecule has 0 aliphatic carbocycles. The molecule has 0 spiro atoms. The number of anilines is 1. The molecule has 0 fully saturated rings. The summed E-state index contributed by atoms with van der Waals surface area (Å²) in [5.74, 6) is 6.87. The van der Waals surface area contributed by atoms with Gasteiger partial charge < -0.3 is 0 Å². The first kappa shape index (κ1) is 11.7. The lowest BCUT2D eigenvalue weighted by atomic mass is 10.5. The Morgan fingerprint density at radius 2 is 2.31 bits per heavy atom. The zero-order chi connectivity index (χ0) is 11.4. The molecule has 0 atom stereocenters. The van der Waals surface area contributed by atoms with Gasteiger partial charge in [-0.2, -0.15) is 4.37 Å². The van der Waals surface area contributed by atoms with E-state index in [0.717, 1.165) is 27.3 Å². The monoisotopic (exact) mass is 274 g/mol. The fourth-order valence-corrected chi connectivity index (χ4v) is 3.27. The predicted octanol–water partition coefficient (Wildman–Crippen LogP) is 1.53. The number of nitrogens with two attached hydrogens (primary N) is 1. The molecule has 0 saturated heterocycles. The molecule has 86 valence electrons. The van der Waals surface area contributed by atoms with E-state index < -0.39 is 0 Å². The maximum absolute atomic E-state index is 5.22. The summed E-state index contributed by atoms with van der Waals surface area (Å²) in [5.41, 5.74) is 2.47. The first-order valence-electron chi connectivity index (χ1n) is 4.56. The Bertz CT molecular complexity index is 410. The van der Waals surface area contributed by atoms with Crippen molar-refractivity contribution >= 4 is 39.8 Å². The lowest BCUT2D eigenvalue weighted by molar-refractivity contribution is 0.970. The molecular weight excluding hydrogens is 264 g/mol. The van der Waals surface area contributed by atoms with Crippen molar-refractivity contribution in [2.24, 2.45) is 5.84 Å². The van der Waals surface area contributed by atoms with Gasteiger partial charge in [0.1, 0.15) is 10.8 Å². The van der Waals surface area contributed by atoms with Crippen molar-refractivity contribution in [3.05, 3.63) is 10.8 Å². The molecule has 16 heavy (non-hydrogen) atoms. The minimum absolute atomic E-state index is 0.627. The second-order valence-corrected chi connectivity index (χ2v) is 5.80. The summed E-state index contributed by atoms with van der Waals surface area (Å²) in [7, 11) is 0. The summed E-state index contributed by atoms with van der Waals surface area (Å²) < 4.78 is 5.18. The van der Waals surface area contributed by atoms with E-state index in [2.05, 4.69) is 25.0 Å². The minimum atomic E-state index is 0.627. The number of hydrogen-bond acceptors (Lipinski definition) is 9. The molecule has 0 saturated carbocycles. The van der Waals surface area contributed by atoms with Crippen LogP contribution in [0.5, 0.6) is 0 Å². The highest BCUT2D eigenvalue weighted by molar-refractivity contribution is 8.00. The molecule has 0 amide bonds. The molecule has 2 heterocycles. The van der Waals surface area contributed by atoms with Crippen molar-refractivity contribution in [2.75, 3.05) is 5.43 Å². The van der Waals surface area contributed by atoms with Crippen molar-refractivity contribution in [1.29, 1.82) is 0 Å². The van der Waals surface area contributed by atoms with E-state index in [1.807, 2.05) is 6.92 Å². The molecule has 0 aliphatic rings. The van der Waals surface area contributed by atoms with Crippen LogP contribution < -0.4 is 11.3 Å². The van der Waals surface area contributed by atoms with Gasteiger partial charge in [0.15, 0.2) is 4.34 Å². The van der Waals surface area contributed by atoms with Gasteiger partial charge >= 0.3 is 0 Å². The van der Waals surface area contributed by atoms with Crippen LogP contribution >= 0.6 is 34.6 Å². The SMILES string of the molecule is CCc1nsc(SCc2nnc(NN)s2)n1. The zero-order valence-electron chi connectivity index (χ0n) is 8.51. The molecule has 3 N–H and O–H groups in total. The number of nitrogens with one attached hydrogen (secondary N) is 1. The number of aryl methyl sites for hydroxylation is 1. The molecule has 2 aromatic heterocycles. The molecule has 6 nitrogen and oxygen atoms in total. The third-order valence-corrected chi connectivity index (χ3v) is 4.59. The van der Waals surface area contributed by atoms with Crippen LogP contribution in [0.25, 0.3) is 0 Å². The summed E-state index contributed by atoms with van der Waals surface area (Å²) in [6.45, 7) is 2.04. The Kier molecular flexibility index (Phi) is 4.04. The third-order valence-electron chi connectivity index (χ3n) is 1.68. The van der Waals surface area contributed by atoms with Crippen LogP contribution in [0.4, 0.5) is 5.13 Å². The van der Waals surface area contributed by atoms with Gasteiger partial charge in [0, 0.05) is 6.42 Å². The maximum atomic E-state index is 5.22. The Labute approximate surface area is 105 Å². The van der Waals surface area contributed by atoms with Gasteiger partial charge in [0.25, 0.3) is 0 Å². The number of nitrogens with zero attached hydrogens (tertiary/aromatic N) is 4. The van der Waals surface area contributed by atoms with Gasteiger partial charge in [-0.1, -0.05) is 30.0 Å². The lowest BCUT2D eigenvalue weighted by Gasteiger charge is -1.90. The Balaban J connectivity index is 1.91. The molecule has 0 radical (unpaired) electrons. The zero-order valence-corrected chi connectivity index (χ0v) is 11.0. The van der Waals surface area contributed by atoms with Crippen molar-refractivity contribution in [2.45, 2.75) is 23.4 Å². The first-order valence-corrected chi connectivity index (χ1v) is 7.13. The lowest BCUT2D eigenvalue weighted by Crippen LogP contribution is -2.05. The average Bonchev–Trinajstić information content (AvgIpc) is 2.95. The van der Waals surface area contributed by atoms with Crippen molar-refractivity contribution in [3.8, 4) is 0 Å². The number of hydrazine groups is 1. The molecule has 0 bridgehead atoms. The highest BCUT2D eigenvalue weighted by Crippen LogP contribution is 2.26. The van der Waals surface area contributed by atoms with E-state index in [1.165, 1.54) is 22.9 Å². The Morgan fingerprint density at radius 3 is 2.94 bits per heavy atom. The number of aromatic nitrogens is 4. The molecule has 9 heteroatoms. The van der Waals surface area contributed by atoms with E-state index in [9.17, 15) is 0 Å². The van der Waals surface area contributed by atoms with Crippen LogP contribution in [0.1, 0.15) is 17.8 Å². The van der Waals surface area contributed by atoms with Crippen LogP contribution in [-0.2, 0) is 12.2 Å². The topological polar surface area (TPSA) is 89.6 Å². The molecule has 2 aromatic rings. The molecule has 0 aliphatic heterocycles. The second-order valence-electron chi connectivity index (χ2n) is 2.76. The Hall–Kier alpha value is -0.770. The van der Waals surface area contributed by atoms with Gasteiger partial charge in [-0.3, -0.25) is 5.43 Å². The smallest absolute Gasteiger partial charge is 0.219 e. The van der Waals surface area contributed by atoms with Crippen LogP contribution in [0.15, 0.2) is 4.34 Å². The predicted molar refractivity (Wildman–Crippen MR) is 66.6 cm³/mol. The van der Waals surface area contributed by atoms with E-state index in [4.69, 9.17) is 5.84 Å². The van der Waals surface area contributed by atoms with Crippen LogP contribution in [0, 0.1) is 0 Å².